The molecule has 0 bridgehead atoms. The molecule has 3 unspecified atom stereocenters. The maximum Gasteiger partial charge on any atom is 0.0415 e. The fraction of sp³-hybridized carbons (Fsp3) is 0.220. The van der Waals surface area contributed by atoms with Gasteiger partial charge in [0, 0.05) is 33.8 Å². The van der Waals surface area contributed by atoms with E-state index in [1.807, 2.05) is 0 Å². The van der Waals surface area contributed by atoms with Crippen molar-refractivity contribution >= 4 is 17.2 Å². The molecule has 0 radical (unpaired) electrons. The van der Waals surface area contributed by atoms with Crippen molar-refractivity contribution in [2.45, 2.75) is 76.0 Å². The summed E-state index contributed by atoms with van der Waals surface area (Å²) in [6.45, 7) is 7.21. The summed E-state index contributed by atoms with van der Waals surface area (Å²) in [5.74, 6) is 0.609. The van der Waals surface area contributed by atoms with E-state index in [2.05, 4.69) is 208 Å². The molecule has 1 nitrogen and oxygen atoms in total. The second kappa shape index (κ2) is 14.5. The third kappa shape index (κ3) is 5.96. The lowest BCUT2D eigenvalue weighted by Gasteiger charge is -2.44. The summed E-state index contributed by atoms with van der Waals surface area (Å²) < 4.78 is 0. The molecule has 60 heavy (non-hydrogen) atoms. The lowest BCUT2D eigenvalue weighted by Crippen LogP contribution is -2.37. The monoisotopic (exact) mass is 775 g/mol. The Hall–Kier alpha value is -6.18. The largest absolute Gasteiger partial charge is 0.317 e. The maximum absolute atomic E-state index is 2.65. The van der Waals surface area contributed by atoms with Gasteiger partial charge in [-0.25, -0.2) is 0 Å². The Labute approximate surface area is 356 Å². The molecule has 0 saturated carbocycles. The van der Waals surface area contributed by atoms with Crippen LogP contribution in [-0.2, 0) is 17.3 Å². The second-order valence-electron chi connectivity index (χ2n) is 18.4. The van der Waals surface area contributed by atoms with Gasteiger partial charge in [0.25, 0.3) is 0 Å². The quantitative estimate of drug-likeness (QED) is 0.166. The highest BCUT2D eigenvalue weighted by Gasteiger charge is 2.40. The van der Waals surface area contributed by atoms with Crippen LogP contribution in [0.5, 0.6) is 0 Å². The summed E-state index contributed by atoms with van der Waals surface area (Å²) >= 11 is 0. The van der Waals surface area contributed by atoms with Crippen LogP contribution >= 0.6 is 0 Å². The fourth-order valence-corrected chi connectivity index (χ4v) is 11.4. The number of allylic oxidation sites excluding steroid dienone is 13. The van der Waals surface area contributed by atoms with Crippen LogP contribution in [0.1, 0.15) is 109 Å². The minimum absolute atomic E-state index is 0.00869. The van der Waals surface area contributed by atoms with Crippen molar-refractivity contribution in [3.63, 3.8) is 0 Å². The van der Waals surface area contributed by atoms with Crippen molar-refractivity contribution in [2.24, 2.45) is 5.92 Å². The van der Waals surface area contributed by atoms with E-state index >= 15 is 0 Å². The predicted molar refractivity (Wildman–Crippen MR) is 252 cm³/mol. The first-order valence-electron chi connectivity index (χ1n) is 22.2. The Morgan fingerprint density at radius 2 is 1.45 bits per heavy atom. The molecule has 0 spiro atoms. The molecule has 294 valence electrons. The Balaban J connectivity index is 1.05. The first-order chi connectivity index (χ1) is 29.4. The van der Waals surface area contributed by atoms with Crippen LogP contribution in [-0.4, -0.2) is 4.90 Å². The normalized spacial score (nSPS) is 23.0. The van der Waals surface area contributed by atoms with Crippen LogP contribution in [0.4, 0.5) is 0 Å². The Morgan fingerprint density at radius 3 is 2.28 bits per heavy atom. The van der Waals surface area contributed by atoms with Gasteiger partial charge in [-0.3, -0.25) is 0 Å². The maximum atomic E-state index is 2.65. The number of rotatable bonds is 6. The molecule has 0 saturated heterocycles. The minimum atomic E-state index is -0.179. The average Bonchev–Trinajstić information content (AvgIpc) is 3.41. The average molecular weight is 776 g/mol. The lowest BCUT2D eigenvalue weighted by molar-refractivity contribution is 0.387. The van der Waals surface area contributed by atoms with Crippen LogP contribution in [0, 0.1) is 5.92 Å². The number of hydrogen-bond acceptors (Lipinski definition) is 1. The van der Waals surface area contributed by atoms with Crippen LogP contribution in [0.3, 0.4) is 0 Å². The summed E-state index contributed by atoms with van der Waals surface area (Å²) in [6, 6.07) is 43.3. The number of benzene rings is 5. The van der Waals surface area contributed by atoms with Gasteiger partial charge in [0.05, 0.1) is 0 Å². The molecule has 11 rings (SSSR count). The Kier molecular flexibility index (Phi) is 8.92. The van der Waals surface area contributed by atoms with Crippen molar-refractivity contribution in [1.29, 1.82) is 0 Å². The predicted octanol–water partition coefficient (Wildman–Crippen LogP) is 14.8. The zero-order valence-electron chi connectivity index (χ0n) is 35.2. The van der Waals surface area contributed by atoms with Gasteiger partial charge >= 0.3 is 0 Å². The number of fused-ring (bicyclic) bond motifs is 8. The first-order valence-corrected chi connectivity index (χ1v) is 22.2. The SMILES string of the molecule is CC1(c2ccccc2)CC=CC=C1N(C1=CC2CC=C(c3ccc4c(c3)-c3ccccc3C4(C)C)c3ccc4c(c3C2C=C1)CCC=C4)C1=CC=C(c2ccccc2)CC1. The molecule has 0 fully saturated rings. The molecule has 0 N–H and O–H groups in total. The molecule has 0 heterocycles. The summed E-state index contributed by atoms with van der Waals surface area (Å²) in [5, 5.41) is 0. The zero-order chi connectivity index (χ0) is 40.4. The molecule has 1 heteroatoms. The highest BCUT2D eigenvalue weighted by atomic mass is 15.2. The van der Waals surface area contributed by atoms with E-state index < -0.39 is 0 Å². The molecular weight excluding hydrogens is 723 g/mol. The van der Waals surface area contributed by atoms with Gasteiger partial charge in [0.1, 0.15) is 0 Å². The van der Waals surface area contributed by atoms with Crippen molar-refractivity contribution in [1.82, 2.24) is 4.90 Å². The molecule has 5 aromatic rings. The smallest absolute Gasteiger partial charge is 0.0415 e. The standard InChI is InChI=1S/C59H53N/c1-58(2)54-23-13-12-22-51(54)53-39-44(29-36-55(53)58)48-33-28-43-38-47(32-35-50(43)57-49-21-11-10-18-42(49)27-34-52(48)57)60(46-30-25-41(26-31-46)40-16-6-4-7-17-40)56-24-14-15-37-59(56,3)45-19-8-5-9-20-45/h4-10,12-20,22-25,27,29-30,32-36,38-39,43,50H,11,21,26,28,31,37H2,1-3H3. The van der Waals surface area contributed by atoms with E-state index in [9.17, 15) is 0 Å². The van der Waals surface area contributed by atoms with Gasteiger partial charge in [-0.15, -0.1) is 0 Å². The minimum Gasteiger partial charge on any atom is -0.317 e. The number of nitrogens with zero attached hydrogens (tertiary/aromatic N) is 1. The van der Waals surface area contributed by atoms with Crippen LogP contribution in [0.25, 0.3) is 28.3 Å². The van der Waals surface area contributed by atoms with Gasteiger partial charge in [-0.1, -0.05) is 172 Å². The highest BCUT2D eigenvalue weighted by Crippen LogP contribution is 2.52. The van der Waals surface area contributed by atoms with Crippen LogP contribution < -0.4 is 0 Å². The third-order valence-corrected chi connectivity index (χ3v) is 14.6. The molecule has 0 amide bonds. The van der Waals surface area contributed by atoms with E-state index in [1.54, 1.807) is 0 Å². The van der Waals surface area contributed by atoms with Crippen molar-refractivity contribution < 1.29 is 0 Å². The summed E-state index contributed by atoms with van der Waals surface area (Å²) in [5.41, 5.74) is 22.1. The van der Waals surface area contributed by atoms with Crippen molar-refractivity contribution in [2.75, 3.05) is 0 Å². The summed E-state index contributed by atoms with van der Waals surface area (Å²) in [6.07, 6.45) is 33.0. The van der Waals surface area contributed by atoms with E-state index in [-0.39, 0.29) is 10.8 Å². The lowest BCUT2D eigenvalue weighted by atomic mass is 9.72. The molecule has 5 aromatic carbocycles. The Bertz CT molecular complexity index is 2790. The highest BCUT2D eigenvalue weighted by molar-refractivity contribution is 5.89. The van der Waals surface area contributed by atoms with Crippen LogP contribution in [0.2, 0.25) is 0 Å². The molecular formula is C59H53N. The first kappa shape index (κ1) is 36.9. The van der Waals surface area contributed by atoms with E-state index in [0.29, 0.717) is 11.8 Å². The van der Waals surface area contributed by atoms with Crippen LogP contribution in [0.15, 0.2) is 193 Å². The summed E-state index contributed by atoms with van der Waals surface area (Å²) in [4.78, 5) is 2.65. The topological polar surface area (TPSA) is 3.24 Å². The Morgan fingerprint density at radius 1 is 0.650 bits per heavy atom. The summed E-state index contributed by atoms with van der Waals surface area (Å²) in [7, 11) is 0. The van der Waals surface area contributed by atoms with Gasteiger partial charge in [-0.05, 0) is 148 Å². The van der Waals surface area contributed by atoms with E-state index in [0.717, 1.165) is 38.5 Å². The third-order valence-electron chi connectivity index (χ3n) is 14.6. The number of hydrogen-bond donors (Lipinski definition) is 0. The van der Waals surface area contributed by atoms with Gasteiger partial charge in [0.2, 0.25) is 0 Å². The van der Waals surface area contributed by atoms with Crippen molar-refractivity contribution in [3.05, 3.63) is 243 Å². The molecule has 6 aliphatic rings. The zero-order valence-corrected chi connectivity index (χ0v) is 35.2. The molecule has 3 atom stereocenters. The van der Waals surface area contributed by atoms with E-state index in [4.69, 9.17) is 0 Å². The molecule has 0 aromatic heterocycles. The van der Waals surface area contributed by atoms with Crippen molar-refractivity contribution in [3.8, 4) is 11.1 Å². The molecule has 6 aliphatic carbocycles. The van der Waals surface area contributed by atoms with Gasteiger partial charge in [-0.2, -0.15) is 0 Å². The van der Waals surface area contributed by atoms with Gasteiger partial charge in [0.15, 0.2) is 0 Å². The van der Waals surface area contributed by atoms with E-state index in [1.165, 1.54) is 89.4 Å². The molecule has 0 aliphatic heterocycles. The fourth-order valence-electron chi connectivity index (χ4n) is 11.4. The van der Waals surface area contributed by atoms with Gasteiger partial charge < -0.3 is 4.90 Å². The second-order valence-corrected chi connectivity index (χ2v) is 18.4.